The molecule has 2 aliphatic heterocycles. The lowest BCUT2D eigenvalue weighted by atomic mass is 9.82. The number of imidazole rings is 1. The van der Waals surface area contributed by atoms with Crippen LogP contribution in [0.5, 0.6) is 5.75 Å². The number of aromatic hydroxyl groups is 1. The molecule has 104 heavy (non-hydrogen) atoms. The molecule has 28 nitrogen and oxygen atoms in total. The summed E-state index contributed by atoms with van der Waals surface area (Å²) in [5.74, 6) is -8.93. The fourth-order valence-electron chi connectivity index (χ4n) is 12.6. The molecule has 3 aromatic heterocycles. The van der Waals surface area contributed by atoms with Crippen LogP contribution < -0.4 is 54.0 Å². The number of phenolic OH excluding ortho intramolecular Hbond substituents is 1. The van der Waals surface area contributed by atoms with Crippen LogP contribution in [0, 0.1) is 17.0 Å². The Morgan fingerprint density at radius 3 is 1.85 bits per heavy atom. The van der Waals surface area contributed by atoms with Gasteiger partial charge in [0.25, 0.3) is 0 Å². The van der Waals surface area contributed by atoms with Crippen LogP contribution >= 0.6 is 23.5 Å². The number of aromatic nitrogens is 4. The lowest BCUT2D eigenvalue weighted by Crippen LogP contribution is -2.65. The van der Waals surface area contributed by atoms with Crippen LogP contribution in [0.4, 0.5) is 8.78 Å². The van der Waals surface area contributed by atoms with E-state index < -0.39 is 143 Å². The highest BCUT2D eigenvalue weighted by Crippen LogP contribution is 2.32. The van der Waals surface area contributed by atoms with Gasteiger partial charge in [0.05, 0.1) is 6.33 Å². The first-order valence-corrected chi connectivity index (χ1v) is 36.5. The van der Waals surface area contributed by atoms with Gasteiger partial charge in [-0.05, 0) is 129 Å². The van der Waals surface area contributed by atoms with Gasteiger partial charge in [0, 0.05) is 113 Å². The van der Waals surface area contributed by atoms with E-state index in [0.29, 0.717) is 70.6 Å². The van der Waals surface area contributed by atoms with E-state index in [1.807, 2.05) is 24.3 Å². The number of primary amides is 1. The van der Waals surface area contributed by atoms with Crippen molar-refractivity contribution in [2.75, 3.05) is 24.6 Å². The third-order valence-electron chi connectivity index (χ3n) is 18.8. The van der Waals surface area contributed by atoms with Crippen molar-refractivity contribution in [3.8, 4) is 5.75 Å². The zero-order chi connectivity index (χ0) is 75.0. The third-order valence-corrected chi connectivity index (χ3v) is 21.0. The number of aliphatic hydroxyl groups is 2. The van der Waals surface area contributed by atoms with Crippen LogP contribution in [-0.4, -0.2) is 184 Å². The number of amides is 10. The van der Waals surface area contributed by atoms with Gasteiger partial charge in [-0.1, -0.05) is 50.2 Å². The number of nitrogens with two attached hydrogens (primary N) is 2. The maximum Gasteiger partial charge on any atom is 0.246 e. The van der Waals surface area contributed by atoms with Crippen LogP contribution in [0.15, 0.2) is 110 Å². The van der Waals surface area contributed by atoms with Crippen molar-refractivity contribution >= 4 is 104 Å². The first kappa shape index (κ1) is 78.3. The summed E-state index contributed by atoms with van der Waals surface area (Å²) in [5, 5.41) is 54.6. The first-order valence-electron chi connectivity index (χ1n) is 34.2. The minimum Gasteiger partial charge on any atom is -0.508 e. The molecule has 10 amide bonds. The topological polar surface area (TPSA) is 443 Å². The molecule has 556 valence electrons. The normalized spacial score (nSPS) is 23.4. The number of aliphatic hydroxyl groups excluding tert-OH is 1. The number of carbonyl (C=O) groups excluding carboxylic acids is 10. The second-order valence-electron chi connectivity index (χ2n) is 27.0. The van der Waals surface area contributed by atoms with Crippen molar-refractivity contribution < 1.29 is 72.0 Å². The van der Waals surface area contributed by atoms with Gasteiger partial charge in [0.15, 0.2) is 6.29 Å². The molecule has 2 aliphatic rings. The minimum absolute atomic E-state index is 0.00591. The highest BCUT2D eigenvalue weighted by atomic mass is 32.2. The van der Waals surface area contributed by atoms with Crippen LogP contribution in [0.25, 0.3) is 21.8 Å². The number of hydrogen-bond acceptors (Lipinski definition) is 17. The van der Waals surface area contributed by atoms with Crippen LogP contribution in [0.1, 0.15) is 99.7 Å². The maximum absolute atomic E-state index is 15.4. The fourth-order valence-corrected chi connectivity index (χ4v) is 14.5. The Kier molecular flexibility index (Phi) is 26.7. The molecule has 1 saturated heterocycles. The first-order chi connectivity index (χ1) is 49.6. The number of rotatable bonds is 15. The van der Waals surface area contributed by atoms with Crippen LogP contribution in [0.3, 0.4) is 0 Å². The zero-order valence-corrected chi connectivity index (χ0v) is 59.6. The number of hydrogen-bond donors (Lipinski definition) is 16. The smallest absolute Gasteiger partial charge is 0.246 e. The van der Waals surface area contributed by atoms with E-state index in [1.165, 1.54) is 142 Å². The van der Waals surface area contributed by atoms with E-state index in [0.717, 1.165) is 11.1 Å². The molecule has 0 unspecified atom stereocenters. The highest BCUT2D eigenvalue weighted by Gasteiger charge is 2.49. The fraction of sp³-hybridized carbons (Fsp3) is 0.431. The molecule has 18 N–H and O–H groups in total. The molecule has 5 heterocycles. The Bertz CT molecular complexity index is 4230. The number of phenols is 1. The lowest BCUT2D eigenvalue weighted by molar-refractivity contribution is -0.155. The molecular formula is C72H89F2N15O13S2. The van der Waals surface area contributed by atoms with E-state index in [4.69, 9.17) is 11.5 Å². The Labute approximate surface area is 606 Å². The Hall–Kier alpha value is -9.89. The Morgan fingerprint density at radius 2 is 1.25 bits per heavy atom. The molecule has 9 atom stereocenters. The summed E-state index contributed by atoms with van der Waals surface area (Å²) < 4.78 is 30.1. The number of fused-ring (bicyclic) bond motifs is 5. The largest absolute Gasteiger partial charge is 0.508 e. The third kappa shape index (κ3) is 20.3. The number of benzene rings is 4. The number of nitrogens with one attached hydrogen (secondary N) is 11. The Morgan fingerprint density at radius 1 is 0.673 bits per heavy atom. The summed E-state index contributed by atoms with van der Waals surface area (Å²) in [5.41, 5.74) is 12.0. The van der Waals surface area contributed by atoms with E-state index in [1.54, 1.807) is 0 Å². The van der Waals surface area contributed by atoms with E-state index >= 15 is 28.4 Å². The molecule has 1 fully saturated rings. The zero-order valence-electron chi connectivity index (χ0n) is 57.9. The van der Waals surface area contributed by atoms with Gasteiger partial charge in [0.2, 0.25) is 59.1 Å². The van der Waals surface area contributed by atoms with Crippen LogP contribution in [-0.2, 0) is 85.1 Å². The summed E-state index contributed by atoms with van der Waals surface area (Å²) in [6.07, 6.45) is 3.23. The Balaban J connectivity index is 1.09. The van der Waals surface area contributed by atoms with Crippen LogP contribution in [0.2, 0.25) is 0 Å². The summed E-state index contributed by atoms with van der Waals surface area (Å²) in [4.78, 5) is 161. The van der Waals surface area contributed by atoms with Gasteiger partial charge < -0.3 is 89.2 Å². The molecule has 4 aromatic carbocycles. The minimum atomic E-state index is -2.41. The maximum atomic E-state index is 15.4. The molecule has 0 spiro atoms. The van der Waals surface area contributed by atoms with Crippen molar-refractivity contribution in [3.05, 3.63) is 155 Å². The van der Waals surface area contributed by atoms with E-state index in [-0.39, 0.29) is 73.2 Å². The SMILES string of the molecule is C[C@H]1NC(=O)[C@H](CCCCN)NC(=O)CCSCc2cccc(c2)CSC[C@@H](C(N)=O)NC(=O)[C@]2(C)CCCN2C(=O)[C@H](Cc2ccc(O)cc2)NC(=O)[C@H](Cc2cnc[nH]2)NC(=O)[C@H](C(C)(C)C(O)O)NC(=O)[C@H](Cc2c[nH]c3ccc(F)cc23)NC(=O)[C@H](Cc2c[nH]c3ccc(F)cc23)NC1=O. The number of nitrogens with zero attached hydrogens (tertiary/aromatic N) is 2. The second-order valence-corrected chi connectivity index (χ2v) is 29.2. The summed E-state index contributed by atoms with van der Waals surface area (Å²) >= 11 is 2.79. The van der Waals surface area contributed by atoms with Gasteiger partial charge in [-0.25, -0.2) is 13.8 Å². The monoisotopic (exact) mass is 1470 g/mol. The van der Waals surface area contributed by atoms with Crippen molar-refractivity contribution in [1.29, 1.82) is 0 Å². The van der Waals surface area contributed by atoms with Gasteiger partial charge >= 0.3 is 0 Å². The number of aromatic amines is 3. The average Bonchev–Trinajstić information content (AvgIpc) is 1.58. The van der Waals surface area contributed by atoms with Gasteiger partial charge in [-0.15, -0.1) is 0 Å². The molecule has 0 aliphatic carbocycles. The molecule has 9 rings (SSSR count). The summed E-state index contributed by atoms with van der Waals surface area (Å²) in [7, 11) is 0. The average molecular weight is 1470 g/mol. The molecule has 0 radical (unpaired) electrons. The van der Waals surface area contributed by atoms with Gasteiger partial charge in [-0.2, -0.15) is 23.5 Å². The molecule has 7 aromatic rings. The number of halogens is 2. The molecule has 0 saturated carbocycles. The van der Waals surface area contributed by atoms with Gasteiger partial charge in [0.1, 0.15) is 71.3 Å². The van der Waals surface area contributed by atoms with Crippen molar-refractivity contribution in [2.24, 2.45) is 16.9 Å². The molecular weight excluding hydrogens is 1390 g/mol. The lowest BCUT2D eigenvalue weighted by Gasteiger charge is -2.38. The number of unbranched alkanes of at least 4 members (excludes halogenated alkanes) is 1. The summed E-state index contributed by atoms with van der Waals surface area (Å²) in [6.45, 7) is 5.61. The number of carbonyl (C=O) groups is 10. The predicted molar refractivity (Wildman–Crippen MR) is 386 cm³/mol. The number of H-pyrrole nitrogens is 3. The van der Waals surface area contributed by atoms with Gasteiger partial charge in [-0.3, -0.25) is 47.9 Å². The quantitative estimate of drug-likeness (QED) is 0.0518. The summed E-state index contributed by atoms with van der Waals surface area (Å²) in [6, 6.07) is 8.67. The number of thioether (sulfide) groups is 2. The molecule has 32 heteroatoms. The van der Waals surface area contributed by atoms with Crippen molar-refractivity contribution in [1.82, 2.24) is 67.4 Å². The van der Waals surface area contributed by atoms with Crippen molar-refractivity contribution in [2.45, 2.75) is 164 Å². The van der Waals surface area contributed by atoms with E-state index in [9.17, 15) is 43.7 Å². The van der Waals surface area contributed by atoms with Crippen molar-refractivity contribution in [3.63, 3.8) is 0 Å². The predicted octanol–water partition coefficient (Wildman–Crippen LogP) is 2.43. The molecule has 2 bridgehead atoms. The highest BCUT2D eigenvalue weighted by molar-refractivity contribution is 7.98. The standard InChI is InChI=1S/C72H89F2N15O13S2/c1-39-62(93)83-54(27-43-32-78-51-18-14-45(73)29-49(43)51)64(95)84-55(28-44-33-79-52-19-15-46(74)30-50(44)52)66(97)88-60(71(2,3)70(101)102)67(98)85-56(31-47-34-77-38-80-47)65(96)86-57(26-40-12-16-48(90)17-13-40)68(99)89-23-8-21-72(89,4)69(100)87-58(61(76)92)37-104-36-42-10-7-9-41(25-42)35-103-24-20-59(91)82-53(63(94)81-39)11-5-6-22-75/h7,9-10,12-19,25,29-30,32-34,38-39,53-58,60,70,78-79,90,101-102H,5-6,8,11,20-24,26-28,31,35-37,75H2,1-4H3,(H2,76,92)(H,77,80)(H,81,94)(H,82,91)(H,83,93)(H,84,95)(H,85,98)(H,86,96)(H,87,100)(H,88,97)/t39-,53+,54+,55+,56+,57+,58+,60-,72+/m1/s1. The van der Waals surface area contributed by atoms with E-state index in [2.05, 4.69) is 62.5 Å². The second kappa shape index (κ2) is 35.5.